The lowest BCUT2D eigenvalue weighted by Crippen LogP contribution is -2.41. The molecule has 0 saturated carbocycles. The van der Waals surface area contributed by atoms with Gasteiger partial charge in [-0.1, -0.05) is 13.8 Å². The highest BCUT2D eigenvalue weighted by Gasteiger charge is 2.24. The number of aliphatic imine (C=N–C) groups is 1. The highest BCUT2D eigenvalue weighted by Crippen LogP contribution is 2.22. The van der Waals surface area contributed by atoms with Gasteiger partial charge in [-0.2, -0.15) is 5.10 Å². The van der Waals surface area contributed by atoms with E-state index in [9.17, 15) is 0 Å². The monoisotopic (exact) mass is 472 g/mol. The maximum Gasteiger partial charge on any atom is 0.191 e. The van der Waals surface area contributed by atoms with E-state index in [1.54, 1.807) is 7.05 Å². The lowest BCUT2D eigenvalue weighted by Gasteiger charge is -2.25. The van der Waals surface area contributed by atoms with Gasteiger partial charge in [0.2, 0.25) is 0 Å². The van der Waals surface area contributed by atoms with Crippen LogP contribution in [-0.2, 0) is 19.6 Å². The van der Waals surface area contributed by atoms with Gasteiger partial charge in [-0.3, -0.25) is 4.99 Å². The van der Waals surface area contributed by atoms with E-state index in [2.05, 4.69) is 49.1 Å². The first-order valence-electron chi connectivity index (χ1n) is 8.95. The Hall–Kier alpha value is -1.65. The van der Waals surface area contributed by atoms with E-state index in [-0.39, 0.29) is 30.0 Å². The quantitative estimate of drug-likeness (QED) is 0.396. The number of nitrogens with zero attached hydrogens (tertiary/aromatic N) is 6. The first-order valence-corrected chi connectivity index (χ1v) is 8.95. The van der Waals surface area contributed by atoms with Crippen molar-refractivity contribution in [3.8, 4) is 0 Å². The van der Waals surface area contributed by atoms with Crippen molar-refractivity contribution in [3.05, 3.63) is 29.9 Å². The second-order valence-electron chi connectivity index (χ2n) is 6.89. The van der Waals surface area contributed by atoms with Crippen molar-refractivity contribution in [2.45, 2.75) is 59.3 Å². The van der Waals surface area contributed by atoms with Crippen molar-refractivity contribution in [2.75, 3.05) is 7.05 Å². The lowest BCUT2D eigenvalue weighted by atomic mass is 10.1. The normalized spacial score (nSPS) is 17.0. The Morgan fingerprint density at radius 1 is 1.42 bits per heavy atom. The van der Waals surface area contributed by atoms with Gasteiger partial charge in [-0.05, 0) is 25.7 Å². The van der Waals surface area contributed by atoms with Crippen LogP contribution >= 0.6 is 24.0 Å². The SMILES string of the molecule is CN=C(NCc1nccn1CC(C)C)NC1CCCn2nc(C)nc21.I. The first kappa shape index (κ1) is 20.7. The van der Waals surface area contributed by atoms with Gasteiger partial charge in [0.05, 0.1) is 12.6 Å². The summed E-state index contributed by atoms with van der Waals surface area (Å²) in [6.45, 7) is 8.89. The molecule has 0 saturated heterocycles. The van der Waals surface area contributed by atoms with Crippen molar-refractivity contribution in [2.24, 2.45) is 10.9 Å². The molecule has 26 heavy (non-hydrogen) atoms. The van der Waals surface area contributed by atoms with E-state index >= 15 is 0 Å². The largest absolute Gasteiger partial charge is 0.349 e. The summed E-state index contributed by atoms with van der Waals surface area (Å²) >= 11 is 0. The molecule has 2 aromatic rings. The second-order valence-corrected chi connectivity index (χ2v) is 6.89. The van der Waals surface area contributed by atoms with Gasteiger partial charge in [-0.25, -0.2) is 14.6 Å². The fourth-order valence-electron chi connectivity index (χ4n) is 3.19. The minimum atomic E-state index is 0. The minimum absolute atomic E-state index is 0. The fourth-order valence-corrected chi connectivity index (χ4v) is 3.19. The Morgan fingerprint density at radius 3 is 2.96 bits per heavy atom. The van der Waals surface area contributed by atoms with Crippen LogP contribution in [-0.4, -0.2) is 37.3 Å². The number of rotatable bonds is 5. The van der Waals surface area contributed by atoms with E-state index in [0.29, 0.717) is 12.5 Å². The molecular formula is C17H29IN8. The van der Waals surface area contributed by atoms with Crippen LogP contribution in [0.1, 0.15) is 50.2 Å². The summed E-state index contributed by atoms with van der Waals surface area (Å²) in [5, 5.41) is 11.3. The van der Waals surface area contributed by atoms with Gasteiger partial charge in [0.1, 0.15) is 17.5 Å². The van der Waals surface area contributed by atoms with Crippen LogP contribution in [0.25, 0.3) is 0 Å². The molecule has 0 bridgehead atoms. The number of imidazole rings is 1. The predicted molar refractivity (Wildman–Crippen MR) is 113 cm³/mol. The summed E-state index contributed by atoms with van der Waals surface area (Å²) in [6, 6.07) is 0.136. The van der Waals surface area contributed by atoms with Crippen LogP contribution in [0.15, 0.2) is 17.4 Å². The first-order chi connectivity index (χ1) is 12.1. The predicted octanol–water partition coefficient (Wildman–Crippen LogP) is 2.26. The molecule has 144 valence electrons. The molecule has 3 rings (SSSR count). The van der Waals surface area contributed by atoms with Crippen molar-refractivity contribution < 1.29 is 0 Å². The third-order valence-corrected chi connectivity index (χ3v) is 4.29. The minimum Gasteiger partial charge on any atom is -0.349 e. The van der Waals surface area contributed by atoms with Gasteiger partial charge < -0.3 is 15.2 Å². The Balaban J connectivity index is 0.00000243. The van der Waals surface area contributed by atoms with Crippen LogP contribution < -0.4 is 10.6 Å². The summed E-state index contributed by atoms with van der Waals surface area (Å²) in [7, 11) is 1.79. The summed E-state index contributed by atoms with van der Waals surface area (Å²) < 4.78 is 4.19. The van der Waals surface area contributed by atoms with Crippen LogP contribution in [0.3, 0.4) is 0 Å². The zero-order valence-electron chi connectivity index (χ0n) is 15.9. The van der Waals surface area contributed by atoms with Crippen LogP contribution in [0.2, 0.25) is 0 Å². The zero-order chi connectivity index (χ0) is 17.8. The number of hydrogen-bond donors (Lipinski definition) is 2. The molecule has 1 atom stereocenters. The highest BCUT2D eigenvalue weighted by molar-refractivity contribution is 14.0. The van der Waals surface area contributed by atoms with Gasteiger partial charge >= 0.3 is 0 Å². The fraction of sp³-hybridized carbons (Fsp3) is 0.647. The average Bonchev–Trinajstić information content (AvgIpc) is 3.16. The molecule has 0 spiro atoms. The standard InChI is InChI=1S/C17H28N8.HI/c1-12(2)11-24-9-7-19-15(24)10-20-17(18-4)22-14-6-5-8-25-16(14)21-13(3)23-25;/h7,9,12,14H,5-6,8,10-11H2,1-4H3,(H2,18,20,22);1H. The number of nitrogens with one attached hydrogen (secondary N) is 2. The van der Waals surface area contributed by atoms with Crippen molar-refractivity contribution in [1.29, 1.82) is 0 Å². The molecule has 2 N–H and O–H groups in total. The van der Waals surface area contributed by atoms with E-state index in [1.165, 1.54) is 0 Å². The number of halogens is 1. The molecular weight excluding hydrogens is 443 g/mol. The molecule has 0 aliphatic carbocycles. The smallest absolute Gasteiger partial charge is 0.191 e. The van der Waals surface area contributed by atoms with Crippen LogP contribution in [0.5, 0.6) is 0 Å². The van der Waals surface area contributed by atoms with Gasteiger partial charge in [0, 0.05) is 32.5 Å². The van der Waals surface area contributed by atoms with E-state index in [1.807, 2.05) is 24.0 Å². The molecule has 2 aromatic heterocycles. The molecule has 8 nitrogen and oxygen atoms in total. The van der Waals surface area contributed by atoms with Gasteiger partial charge in [0.25, 0.3) is 0 Å². The lowest BCUT2D eigenvalue weighted by molar-refractivity contribution is 0.397. The van der Waals surface area contributed by atoms with E-state index in [0.717, 1.165) is 49.4 Å². The molecule has 0 amide bonds. The van der Waals surface area contributed by atoms with Crippen molar-refractivity contribution in [1.82, 2.24) is 34.9 Å². The number of guanidine groups is 1. The molecule has 0 fully saturated rings. The van der Waals surface area contributed by atoms with E-state index in [4.69, 9.17) is 0 Å². The molecule has 9 heteroatoms. The number of aromatic nitrogens is 5. The van der Waals surface area contributed by atoms with E-state index < -0.39 is 0 Å². The highest BCUT2D eigenvalue weighted by atomic mass is 127. The Bertz CT molecular complexity index is 733. The molecule has 1 aliphatic heterocycles. The topological polar surface area (TPSA) is 85.0 Å². The second kappa shape index (κ2) is 9.33. The summed E-state index contributed by atoms with van der Waals surface area (Å²) in [6.07, 6.45) is 5.99. The Labute approximate surface area is 171 Å². The molecule has 1 aliphatic rings. The third-order valence-electron chi connectivity index (χ3n) is 4.29. The van der Waals surface area contributed by atoms with Crippen molar-refractivity contribution >= 4 is 29.9 Å². The van der Waals surface area contributed by atoms with Crippen LogP contribution in [0.4, 0.5) is 0 Å². The number of hydrogen-bond acceptors (Lipinski definition) is 4. The van der Waals surface area contributed by atoms with Crippen LogP contribution in [0, 0.1) is 12.8 Å². The summed E-state index contributed by atoms with van der Waals surface area (Å²) in [5.74, 6) is 4.18. The van der Waals surface area contributed by atoms with Gasteiger partial charge in [-0.15, -0.1) is 24.0 Å². The summed E-state index contributed by atoms with van der Waals surface area (Å²) in [5.41, 5.74) is 0. The maximum absolute atomic E-state index is 4.57. The van der Waals surface area contributed by atoms with Gasteiger partial charge in [0.15, 0.2) is 5.96 Å². The molecule has 3 heterocycles. The Morgan fingerprint density at radius 2 is 2.23 bits per heavy atom. The summed E-state index contributed by atoms with van der Waals surface area (Å²) in [4.78, 5) is 13.4. The number of aryl methyl sites for hydroxylation is 2. The molecule has 0 radical (unpaired) electrons. The third kappa shape index (κ3) is 4.95. The zero-order valence-corrected chi connectivity index (χ0v) is 18.3. The molecule has 1 unspecified atom stereocenters. The Kier molecular flexibility index (Phi) is 7.42. The molecule has 0 aromatic carbocycles. The maximum atomic E-state index is 4.57. The number of fused-ring (bicyclic) bond motifs is 1. The average molecular weight is 472 g/mol. The van der Waals surface area contributed by atoms with Crippen molar-refractivity contribution in [3.63, 3.8) is 0 Å².